The first-order valence-electron chi connectivity index (χ1n) is 7.61. The fourth-order valence-electron chi connectivity index (χ4n) is 2.69. The summed E-state index contributed by atoms with van der Waals surface area (Å²) in [5, 5.41) is 8.72. The number of rotatable bonds is 6. The first kappa shape index (κ1) is 17.8. The average molecular weight is 300 g/mol. The standard InChI is InChI=1S/C15H28N2O4/c1-12(2)17(10-5-7-13(18)19)14(20)16-9-6-8-15(3,11-16)21-4/h12H,5-11H2,1-4H3,(H,18,19). The van der Waals surface area contributed by atoms with Crippen LogP contribution >= 0.6 is 0 Å². The molecule has 1 rings (SSSR count). The summed E-state index contributed by atoms with van der Waals surface area (Å²) in [4.78, 5) is 26.9. The molecule has 6 nitrogen and oxygen atoms in total. The van der Waals surface area contributed by atoms with Crippen molar-refractivity contribution in [2.75, 3.05) is 26.7 Å². The predicted octanol–water partition coefficient (Wildman–Crippen LogP) is 2.18. The van der Waals surface area contributed by atoms with Crippen molar-refractivity contribution in [1.82, 2.24) is 9.80 Å². The highest BCUT2D eigenvalue weighted by Crippen LogP contribution is 2.25. The lowest BCUT2D eigenvalue weighted by molar-refractivity contribution is -0.137. The van der Waals surface area contributed by atoms with Gasteiger partial charge in [-0.05, 0) is 40.0 Å². The number of hydrogen-bond donors (Lipinski definition) is 1. The predicted molar refractivity (Wildman–Crippen MR) is 80.3 cm³/mol. The number of piperidine rings is 1. The Bertz CT molecular complexity index is 373. The van der Waals surface area contributed by atoms with Gasteiger partial charge in [-0.25, -0.2) is 4.79 Å². The van der Waals surface area contributed by atoms with Crippen LogP contribution in [0.15, 0.2) is 0 Å². The van der Waals surface area contributed by atoms with E-state index in [1.165, 1.54) is 0 Å². The lowest BCUT2D eigenvalue weighted by Crippen LogP contribution is -2.55. The Labute approximate surface area is 127 Å². The van der Waals surface area contributed by atoms with Crippen molar-refractivity contribution >= 4 is 12.0 Å². The van der Waals surface area contributed by atoms with Crippen LogP contribution in [0.1, 0.15) is 46.5 Å². The van der Waals surface area contributed by atoms with E-state index in [0.29, 0.717) is 19.5 Å². The minimum absolute atomic E-state index is 0.0154. The molecule has 0 bridgehead atoms. The van der Waals surface area contributed by atoms with Crippen molar-refractivity contribution in [2.24, 2.45) is 0 Å². The van der Waals surface area contributed by atoms with Gasteiger partial charge in [-0.3, -0.25) is 4.79 Å². The van der Waals surface area contributed by atoms with E-state index in [2.05, 4.69) is 0 Å². The van der Waals surface area contributed by atoms with E-state index >= 15 is 0 Å². The Balaban J connectivity index is 2.65. The molecule has 6 heteroatoms. The zero-order chi connectivity index (χ0) is 16.0. The van der Waals surface area contributed by atoms with Crippen LogP contribution in [0.2, 0.25) is 0 Å². The third kappa shape index (κ3) is 5.19. The number of carbonyl (C=O) groups excluding carboxylic acids is 1. The van der Waals surface area contributed by atoms with Crippen molar-refractivity contribution in [3.63, 3.8) is 0 Å². The second-order valence-electron chi connectivity index (χ2n) is 6.25. The summed E-state index contributed by atoms with van der Waals surface area (Å²) in [7, 11) is 1.68. The summed E-state index contributed by atoms with van der Waals surface area (Å²) >= 11 is 0. The molecule has 0 aliphatic carbocycles. The molecule has 1 N–H and O–H groups in total. The highest BCUT2D eigenvalue weighted by atomic mass is 16.5. The lowest BCUT2D eigenvalue weighted by Gasteiger charge is -2.42. The highest BCUT2D eigenvalue weighted by molar-refractivity contribution is 5.75. The van der Waals surface area contributed by atoms with Crippen molar-refractivity contribution < 1.29 is 19.4 Å². The number of nitrogens with zero attached hydrogens (tertiary/aromatic N) is 2. The van der Waals surface area contributed by atoms with Gasteiger partial charge in [0.25, 0.3) is 0 Å². The number of carboxylic acids is 1. The third-order valence-corrected chi connectivity index (χ3v) is 4.08. The molecule has 1 atom stereocenters. The van der Waals surface area contributed by atoms with E-state index in [1.807, 2.05) is 25.7 Å². The van der Waals surface area contributed by atoms with Crippen LogP contribution in [0.5, 0.6) is 0 Å². The van der Waals surface area contributed by atoms with Gasteiger partial charge in [0, 0.05) is 32.7 Å². The molecule has 0 aromatic rings. The smallest absolute Gasteiger partial charge is 0.320 e. The van der Waals surface area contributed by atoms with E-state index in [1.54, 1.807) is 12.0 Å². The van der Waals surface area contributed by atoms with Crippen molar-refractivity contribution in [3.8, 4) is 0 Å². The van der Waals surface area contributed by atoms with Crippen LogP contribution in [0.3, 0.4) is 0 Å². The van der Waals surface area contributed by atoms with Crippen molar-refractivity contribution in [2.45, 2.75) is 58.1 Å². The Morgan fingerprint density at radius 1 is 1.43 bits per heavy atom. The fourth-order valence-corrected chi connectivity index (χ4v) is 2.69. The Morgan fingerprint density at radius 3 is 2.62 bits per heavy atom. The normalized spacial score (nSPS) is 22.4. The van der Waals surface area contributed by atoms with Crippen molar-refractivity contribution in [1.29, 1.82) is 0 Å². The molecule has 0 aromatic carbocycles. The summed E-state index contributed by atoms with van der Waals surface area (Å²) in [6, 6.07) is 0.0420. The molecule has 0 radical (unpaired) electrons. The Hall–Kier alpha value is -1.30. The molecule has 1 saturated heterocycles. The molecule has 1 fully saturated rings. The van der Waals surface area contributed by atoms with Crippen LogP contribution in [-0.4, -0.2) is 65.3 Å². The molecule has 0 saturated carbocycles. The third-order valence-electron chi connectivity index (χ3n) is 4.08. The molecule has 0 aromatic heterocycles. The van der Waals surface area contributed by atoms with E-state index < -0.39 is 5.97 Å². The number of hydrogen-bond acceptors (Lipinski definition) is 3. The SMILES string of the molecule is COC1(C)CCCN(C(=O)N(CCCC(=O)O)C(C)C)C1. The van der Waals surface area contributed by atoms with Gasteiger partial charge < -0.3 is 19.6 Å². The van der Waals surface area contributed by atoms with Gasteiger partial charge >= 0.3 is 12.0 Å². The first-order chi connectivity index (χ1) is 9.79. The second kappa shape index (κ2) is 7.64. The second-order valence-corrected chi connectivity index (χ2v) is 6.25. The van der Waals surface area contributed by atoms with Crippen LogP contribution in [0.25, 0.3) is 0 Å². The van der Waals surface area contributed by atoms with Gasteiger partial charge in [0.2, 0.25) is 0 Å². The van der Waals surface area contributed by atoms with E-state index in [4.69, 9.17) is 9.84 Å². The molecule has 2 amide bonds. The fraction of sp³-hybridized carbons (Fsp3) is 0.867. The minimum atomic E-state index is -0.823. The molecule has 122 valence electrons. The number of amides is 2. The summed E-state index contributed by atoms with van der Waals surface area (Å²) in [5.74, 6) is -0.823. The van der Waals surface area contributed by atoms with Gasteiger partial charge in [0.05, 0.1) is 12.1 Å². The van der Waals surface area contributed by atoms with E-state index in [9.17, 15) is 9.59 Å². The number of carbonyl (C=O) groups is 2. The van der Waals surface area contributed by atoms with Gasteiger partial charge in [-0.2, -0.15) is 0 Å². The summed E-state index contributed by atoms with van der Waals surface area (Å²) in [6.45, 7) is 7.74. The lowest BCUT2D eigenvalue weighted by atomic mass is 9.95. The highest BCUT2D eigenvalue weighted by Gasteiger charge is 2.35. The maximum atomic E-state index is 12.7. The number of urea groups is 1. The molecular weight excluding hydrogens is 272 g/mol. The van der Waals surface area contributed by atoms with Crippen LogP contribution in [0, 0.1) is 0 Å². The van der Waals surface area contributed by atoms with Gasteiger partial charge in [-0.15, -0.1) is 0 Å². The first-order valence-corrected chi connectivity index (χ1v) is 7.61. The quantitative estimate of drug-likeness (QED) is 0.816. The molecule has 1 unspecified atom stereocenters. The molecule has 1 aliphatic heterocycles. The molecule has 0 spiro atoms. The Morgan fingerprint density at radius 2 is 2.10 bits per heavy atom. The molecule has 1 aliphatic rings. The minimum Gasteiger partial charge on any atom is -0.481 e. The average Bonchev–Trinajstić information content (AvgIpc) is 2.42. The van der Waals surface area contributed by atoms with Crippen LogP contribution < -0.4 is 0 Å². The molecule has 1 heterocycles. The van der Waals surface area contributed by atoms with Crippen LogP contribution in [-0.2, 0) is 9.53 Å². The zero-order valence-corrected chi connectivity index (χ0v) is 13.6. The topological polar surface area (TPSA) is 70.1 Å². The largest absolute Gasteiger partial charge is 0.481 e. The maximum Gasteiger partial charge on any atom is 0.320 e. The summed E-state index contributed by atoms with van der Waals surface area (Å²) in [5.41, 5.74) is -0.280. The van der Waals surface area contributed by atoms with E-state index in [0.717, 1.165) is 19.4 Å². The van der Waals surface area contributed by atoms with Gasteiger partial charge in [-0.1, -0.05) is 0 Å². The Kier molecular flexibility index (Phi) is 6.45. The zero-order valence-electron chi connectivity index (χ0n) is 13.6. The number of ether oxygens (including phenoxy) is 1. The molecular formula is C15H28N2O4. The number of aliphatic carboxylic acids is 1. The molecule has 21 heavy (non-hydrogen) atoms. The van der Waals surface area contributed by atoms with Gasteiger partial charge in [0.1, 0.15) is 0 Å². The summed E-state index contributed by atoms with van der Waals surface area (Å²) < 4.78 is 5.52. The summed E-state index contributed by atoms with van der Waals surface area (Å²) in [6.07, 6.45) is 2.45. The number of likely N-dealkylation sites (tertiary alicyclic amines) is 1. The maximum absolute atomic E-state index is 12.7. The number of methoxy groups -OCH3 is 1. The monoisotopic (exact) mass is 300 g/mol. The van der Waals surface area contributed by atoms with Crippen LogP contribution in [0.4, 0.5) is 4.79 Å². The van der Waals surface area contributed by atoms with Gasteiger partial charge in [0.15, 0.2) is 0 Å². The number of carboxylic acid groups (broad SMARTS) is 1. The van der Waals surface area contributed by atoms with E-state index in [-0.39, 0.29) is 24.1 Å². The van der Waals surface area contributed by atoms with Crippen molar-refractivity contribution in [3.05, 3.63) is 0 Å².